The monoisotopic (exact) mass is 436 g/mol. The molecule has 0 unspecified atom stereocenters. The number of carbonyl (C=O) groups excluding carboxylic acids is 1. The Balaban J connectivity index is 1.64. The Bertz CT molecular complexity index is 982. The molecule has 0 atom stereocenters. The quantitative estimate of drug-likeness (QED) is 0.547. The number of nitrogens with zero attached hydrogens (tertiary/aromatic N) is 3. The summed E-state index contributed by atoms with van der Waals surface area (Å²) in [6.45, 7) is 7.20. The van der Waals surface area contributed by atoms with Gasteiger partial charge in [0.05, 0.1) is 23.9 Å². The molecule has 10 heteroatoms. The number of ether oxygens (including phenoxy) is 1. The van der Waals surface area contributed by atoms with Crippen molar-refractivity contribution in [1.29, 1.82) is 0 Å². The lowest BCUT2D eigenvalue weighted by Gasteiger charge is -2.26. The molecule has 2 aromatic rings. The van der Waals surface area contributed by atoms with Gasteiger partial charge in [0, 0.05) is 30.2 Å². The van der Waals surface area contributed by atoms with Crippen molar-refractivity contribution >= 4 is 33.4 Å². The normalized spacial score (nSPS) is 15.3. The predicted molar refractivity (Wildman–Crippen MR) is 112 cm³/mol. The van der Waals surface area contributed by atoms with Gasteiger partial charge in [-0.15, -0.1) is 0 Å². The van der Waals surface area contributed by atoms with Crippen LogP contribution in [0.2, 0.25) is 0 Å². The van der Waals surface area contributed by atoms with Crippen LogP contribution in [0.25, 0.3) is 0 Å². The van der Waals surface area contributed by atoms with E-state index in [1.165, 1.54) is 28.2 Å². The Morgan fingerprint density at radius 3 is 2.48 bits per heavy atom. The van der Waals surface area contributed by atoms with Gasteiger partial charge in [-0.2, -0.15) is 4.31 Å². The second kappa shape index (κ2) is 9.21. The molecule has 0 aliphatic carbocycles. The molecule has 1 aromatic carbocycles. The summed E-state index contributed by atoms with van der Waals surface area (Å²) in [5.41, 5.74) is 3.25. The largest absolute Gasteiger partial charge is 0.379 e. The zero-order chi connectivity index (χ0) is 21.0. The minimum absolute atomic E-state index is 0.127. The fraction of sp³-hybridized carbons (Fsp3) is 0.421. The van der Waals surface area contributed by atoms with E-state index in [-0.39, 0.29) is 16.6 Å². The molecular weight excluding hydrogens is 412 g/mol. The Morgan fingerprint density at radius 1 is 1.17 bits per heavy atom. The molecule has 1 aromatic heterocycles. The summed E-state index contributed by atoms with van der Waals surface area (Å²) >= 11 is 1.24. The summed E-state index contributed by atoms with van der Waals surface area (Å²) in [7, 11) is -3.61. The molecule has 0 saturated carbocycles. The molecule has 1 amide bonds. The number of nitrogens with one attached hydrogen (secondary N) is 1. The maximum absolute atomic E-state index is 12.8. The van der Waals surface area contributed by atoms with Crippen molar-refractivity contribution in [3.63, 3.8) is 0 Å². The molecule has 1 saturated heterocycles. The minimum Gasteiger partial charge on any atom is -0.379 e. The number of carbonyl (C=O) groups is 1. The van der Waals surface area contributed by atoms with Crippen LogP contribution in [0.5, 0.6) is 0 Å². The number of hydrogen-bond donors (Lipinski definition) is 1. The highest BCUT2D eigenvalue weighted by Gasteiger charge is 2.26. The number of thioether (sulfide) groups is 1. The molecule has 3 rings (SSSR count). The smallest absolute Gasteiger partial charge is 0.243 e. The maximum atomic E-state index is 12.8. The van der Waals surface area contributed by atoms with Crippen molar-refractivity contribution in [3.8, 4) is 0 Å². The Hall–Kier alpha value is -2.01. The summed E-state index contributed by atoms with van der Waals surface area (Å²) in [6.07, 6.45) is 0. The number of morpholine rings is 1. The van der Waals surface area contributed by atoms with Crippen molar-refractivity contribution in [2.45, 2.75) is 30.8 Å². The molecule has 1 fully saturated rings. The summed E-state index contributed by atoms with van der Waals surface area (Å²) in [6, 6.07) is 6.29. The van der Waals surface area contributed by atoms with Crippen LogP contribution in [-0.2, 0) is 19.6 Å². The van der Waals surface area contributed by atoms with E-state index in [2.05, 4.69) is 15.3 Å². The number of aromatic nitrogens is 2. The Kier molecular flexibility index (Phi) is 6.89. The first-order valence-electron chi connectivity index (χ1n) is 9.20. The fourth-order valence-corrected chi connectivity index (χ4v) is 4.99. The van der Waals surface area contributed by atoms with Crippen LogP contribution in [-0.4, -0.2) is 60.7 Å². The van der Waals surface area contributed by atoms with Gasteiger partial charge in [-0.3, -0.25) is 4.79 Å². The number of amides is 1. The average Bonchev–Trinajstić information content (AvgIpc) is 2.71. The number of benzene rings is 1. The Labute approximate surface area is 175 Å². The van der Waals surface area contributed by atoms with Gasteiger partial charge in [-0.25, -0.2) is 18.4 Å². The van der Waals surface area contributed by atoms with E-state index in [1.807, 2.05) is 20.8 Å². The lowest BCUT2D eigenvalue weighted by molar-refractivity contribution is -0.113. The lowest BCUT2D eigenvalue weighted by Crippen LogP contribution is -2.40. The first kappa shape index (κ1) is 21.7. The Morgan fingerprint density at radius 2 is 1.83 bits per heavy atom. The summed E-state index contributed by atoms with van der Waals surface area (Å²) < 4.78 is 32.1. The SMILES string of the molecule is Cc1nc(SCC(=O)Nc2cccc(S(=O)(=O)N3CCOCC3)c2)nc(C)c1C. The van der Waals surface area contributed by atoms with Gasteiger partial charge in [0.15, 0.2) is 5.16 Å². The molecule has 1 aliphatic heterocycles. The molecular formula is C19H24N4O4S2. The van der Waals surface area contributed by atoms with Crippen LogP contribution in [0.15, 0.2) is 34.3 Å². The van der Waals surface area contributed by atoms with Crippen LogP contribution in [0.3, 0.4) is 0 Å². The van der Waals surface area contributed by atoms with Crippen LogP contribution in [0, 0.1) is 20.8 Å². The highest BCUT2D eigenvalue weighted by atomic mass is 32.2. The van der Waals surface area contributed by atoms with Crippen molar-refractivity contribution in [2.24, 2.45) is 0 Å². The predicted octanol–water partition coefficient (Wildman–Crippen LogP) is 2.15. The van der Waals surface area contributed by atoms with Crippen LogP contribution in [0.1, 0.15) is 17.0 Å². The summed E-state index contributed by atoms with van der Waals surface area (Å²) in [4.78, 5) is 21.2. The molecule has 1 aliphatic rings. The molecule has 1 N–H and O–H groups in total. The van der Waals surface area contributed by atoms with E-state index in [1.54, 1.807) is 12.1 Å². The molecule has 8 nitrogen and oxygen atoms in total. The van der Waals surface area contributed by atoms with Crippen LogP contribution >= 0.6 is 11.8 Å². The highest BCUT2D eigenvalue weighted by molar-refractivity contribution is 7.99. The number of rotatable bonds is 6. The van der Waals surface area contributed by atoms with E-state index < -0.39 is 10.0 Å². The standard InChI is InChI=1S/C19H24N4O4S2/c1-13-14(2)20-19(21-15(13)3)28-12-18(24)22-16-5-4-6-17(11-16)29(25,26)23-7-9-27-10-8-23/h4-6,11H,7-10,12H2,1-3H3,(H,22,24). The van der Waals surface area contributed by atoms with Crippen molar-refractivity contribution in [3.05, 3.63) is 41.2 Å². The fourth-order valence-electron chi connectivity index (χ4n) is 2.80. The molecule has 0 radical (unpaired) electrons. The number of sulfonamides is 1. The van der Waals surface area contributed by atoms with Gasteiger partial charge >= 0.3 is 0 Å². The van der Waals surface area contributed by atoms with Gasteiger partial charge in [0.1, 0.15) is 0 Å². The van der Waals surface area contributed by atoms with Gasteiger partial charge in [0.25, 0.3) is 0 Å². The molecule has 0 spiro atoms. The van der Waals surface area contributed by atoms with E-state index in [9.17, 15) is 13.2 Å². The summed E-state index contributed by atoms with van der Waals surface area (Å²) in [5.74, 6) is -0.127. The third kappa shape index (κ3) is 5.33. The number of aryl methyl sites for hydroxylation is 2. The zero-order valence-electron chi connectivity index (χ0n) is 16.6. The van der Waals surface area contributed by atoms with E-state index in [0.717, 1.165) is 17.0 Å². The summed E-state index contributed by atoms with van der Waals surface area (Å²) in [5, 5.41) is 3.29. The zero-order valence-corrected chi connectivity index (χ0v) is 18.3. The van der Waals surface area contributed by atoms with Crippen LogP contribution < -0.4 is 5.32 Å². The first-order chi connectivity index (χ1) is 13.8. The third-order valence-electron chi connectivity index (χ3n) is 4.67. The van der Waals surface area contributed by atoms with Gasteiger partial charge in [-0.1, -0.05) is 17.8 Å². The minimum atomic E-state index is -3.61. The van der Waals surface area contributed by atoms with Gasteiger partial charge < -0.3 is 10.1 Å². The highest BCUT2D eigenvalue weighted by Crippen LogP contribution is 2.21. The number of anilines is 1. The lowest BCUT2D eigenvalue weighted by atomic mass is 10.2. The second-order valence-corrected chi connectivity index (χ2v) is 9.56. The van der Waals surface area contributed by atoms with Crippen LogP contribution in [0.4, 0.5) is 5.69 Å². The third-order valence-corrected chi connectivity index (χ3v) is 7.41. The first-order valence-corrected chi connectivity index (χ1v) is 11.6. The van der Waals surface area contributed by atoms with Gasteiger partial charge in [-0.05, 0) is 44.5 Å². The van der Waals surface area contributed by atoms with Gasteiger partial charge in [0.2, 0.25) is 15.9 Å². The topological polar surface area (TPSA) is 101 Å². The van der Waals surface area contributed by atoms with Crippen molar-refractivity contribution in [2.75, 3.05) is 37.4 Å². The van der Waals surface area contributed by atoms with E-state index in [4.69, 9.17) is 4.74 Å². The molecule has 29 heavy (non-hydrogen) atoms. The molecule has 156 valence electrons. The maximum Gasteiger partial charge on any atom is 0.243 e. The second-order valence-electron chi connectivity index (χ2n) is 6.68. The van der Waals surface area contributed by atoms with Crippen molar-refractivity contribution in [1.82, 2.24) is 14.3 Å². The van der Waals surface area contributed by atoms with Crippen molar-refractivity contribution < 1.29 is 17.9 Å². The number of hydrogen-bond acceptors (Lipinski definition) is 7. The molecule has 2 heterocycles. The average molecular weight is 437 g/mol. The molecule has 0 bridgehead atoms. The van der Waals surface area contributed by atoms with E-state index in [0.29, 0.717) is 37.1 Å². The van der Waals surface area contributed by atoms with E-state index >= 15 is 0 Å².